The van der Waals surface area contributed by atoms with Crippen molar-refractivity contribution in [3.63, 3.8) is 0 Å². The van der Waals surface area contributed by atoms with Gasteiger partial charge < -0.3 is 35.0 Å². The molecule has 0 unspecified atom stereocenters. The lowest BCUT2D eigenvalue weighted by molar-refractivity contribution is -0.117. The number of hydrogen-bond acceptors (Lipinski definition) is 10. The van der Waals surface area contributed by atoms with Crippen LogP contribution in [0.15, 0.2) is 41.4 Å². The van der Waals surface area contributed by atoms with Gasteiger partial charge in [-0.2, -0.15) is 0 Å². The van der Waals surface area contributed by atoms with Gasteiger partial charge in [0.2, 0.25) is 11.6 Å². The van der Waals surface area contributed by atoms with Crippen molar-refractivity contribution < 1.29 is 38.9 Å². The largest absolute Gasteiger partial charge is 0.478 e. The molecule has 1 aliphatic carbocycles. The number of hydrogen-bond donors (Lipinski definition) is 3. The van der Waals surface area contributed by atoms with Gasteiger partial charge in [0, 0.05) is 69.3 Å². The van der Waals surface area contributed by atoms with Crippen LogP contribution in [0.3, 0.4) is 0 Å². The average molecular weight is 581 g/mol. The van der Waals surface area contributed by atoms with Crippen molar-refractivity contribution in [2.45, 2.75) is 57.7 Å². The summed E-state index contributed by atoms with van der Waals surface area (Å²) in [5.41, 5.74) is 0.837. The summed E-state index contributed by atoms with van der Waals surface area (Å²) in [6, 6.07) is 3.28. The highest BCUT2D eigenvalue weighted by molar-refractivity contribution is 6.22. The molecule has 4 saturated heterocycles. The standard InChI is InChI=1S/C18H23NO6.C12H13N3O2/c1-17(2)8-13(9-18(3,4)19-17)25-16(24)12-6-10(14(20)21)5-11(7-12)15(22)23;16-9-7-8(13-1-2-13)12(17)11(15-5-6-15)10(9)14-3-4-14/h5-7,13,19H,8-9H2,1-4H3,(H,20,21)(H,22,23);7H,1-6H2. The van der Waals surface area contributed by atoms with E-state index in [4.69, 9.17) is 14.9 Å². The molecule has 224 valence electrons. The molecule has 1 aromatic carbocycles. The number of esters is 1. The number of carboxylic acids is 2. The predicted octanol–water partition coefficient (Wildman–Crippen LogP) is 1.73. The fourth-order valence-electron chi connectivity index (χ4n) is 5.80. The number of nitrogens with zero attached hydrogens (tertiary/aromatic N) is 3. The molecule has 4 aliphatic heterocycles. The number of benzene rings is 1. The number of carbonyl (C=O) groups is 5. The fraction of sp³-hybridized carbons (Fsp3) is 0.500. The van der Waals surface area contributed by atoms with Crippen molar-refractivity contribution in [2.24, 2.45) is 0 Å². The number of ketones is 2. The summed E-state index contributed by atoms with van der Waals surface area (Å²) < 4.78 is 5.55. The minimum absolute atomic E-state index is 0.00546. The van der Waals surface area contributed by atoms with E-state index < -0.39 is 17.9 Å². The van der Waals surface area contributed by atoms with E-state index in [2.05, 4.69) is 5.32 Å². The summed E-state index contributed by atoms with van der Waals surface area (Å²) in [6.45, 7) is 13.5. The van der Waals surface area contributed by atoms with E-state index in [-0.39, 0.29) is 45.4 Å². The maximum absolute atomic E-state index is 12.5. The molecule has 0 bridgehead atoms. The topological polar surface area (TPSA) is 156 Å². The van der Waals surface area contributed by atoms with E-state index in [9.17, 15) is 24.0 Å². The van der Waals surface area contributed by atoms with Gasteiger partial charge >= 0.3 is 17.9 Å². The van der Waals surface area contributed by atoms with Crippen LogP contribution >= 0.6 is 0 Å². The molecule has 0 amide bonds. The van der Waals surface area contributed by atoms with E-state index in [1.807, 2.05) is 42.4 Å². The molecular formula is C30H36N4O8. The molecule has 42 heavy (non-hydrogen) atoms. The molecule has 6 rings (SSSR count). The Morgan fingerprint density at radius 3 is 1.67 bits per heavy atom. The summed E-state index contributed by atoms with van der Waals surface area (Å²) in [7, 11) is 0. The van der Waals surface area contributed by atoms with Crippen molar-refractivity contribution in [1.29, 1.82) is 0 Å². The Balaban J connectivity index is 0.000000179. The highest BCUT2D eigenvalue weighted by atomic mass is 16.5. The zero-order valence-electron chi connectivity index (χ0n) is 24.2. The molecule has 0 radical (unpaired) electrons. The second kappa shape index (κ2) is 10.6. The normalized spacial score (nSPS) is 22.2. The van der Waals surface area contributed by atoms with Gasteiger partial charge in [-0.15, -0.1) is 0 Å². The molecule has 4 fully saturated rings. The number of allylic oxidation sites excluding steroid dienone is 1. The Labute approximate surface area is 243 Å². The monoisotopic (exact) mass is 580 g/mol. The number of nitrogens with one attached hydrogen (secondary N) is 1. The van der Waals surface area contributed by atoms with Gasteiger partial charge in [-0.1, -0.05) is 0 Å². The maximum Gasteiger partial charge on any atom is 0.338 e. The van der Waals surface area contributed by atoms with Crippen molar-refractivity contribution in [3.05, 3.63) is 58.1 Å². The fourth-order valence-corrected chi connectivity index (χ4v) is 5.80. The first-order valence-electron chi connectivity index (χ1n) is 14.1. The summed E-state index contributed by atoms with van der Waals surface area (Å²) in [5.74, 6) is -3.28. The average Bonchev–Trinajstić information content (AvgIpc) is 3.73. The van der Waals surface area contributed by atoms with Crippen LogP contribution in [-0.4, -0.2) is 111 Å². The van der Waals surface area contributed by atoms with E-state index in [0.29, 0.717) is 29.9 Å². The van der Waals surface area contributed by atoms with Crippen LogP contribution in [0, 0.1) is 0 Å². The van der Waals surface area contributed by atoms with Crippen LogP contribution in [0.4, 0.5) is 0 Å². The lowest BCUT2D eigenvalue weighted by Crippen LogP contribution is -2.59. The van der Waals surface area contributed by atoms with Gasteiger partial charge in [0.15, 0.2) is 0 Å². The molecule has 12 nitrogen and oxygen atoms in total. The Kier molecular flexibility index (Phi) is 7.38. The number of carbonyl (C=O) groups excluding carboxylic acids is 3. The van der Waals surface area contributed by atoms with Gasteiger partial charge in [0.05, 0.1) is 22.4 Å². The first-order chi connectivity index (χ1) is 19.6. The Bertz CT molecular complexity index is 1380. The predicted molar refractivity (Wildman–Crippen MR) is 150 cm³/mol. The number of carboxylic acid groups (broad SMARTS) is 2. The number of rotatable bonds is 7. The van der Waals surface area contributed by atoms with Gasteiger partial charge in [-0.05, 0) is 45.9 Å². The number of ether oxygens (including phenoxy) is 1. The number of aromatic carboxylic acids is 2. The SMILES string of the molecule is CC1(C)CC(OC(=O)c2cc(C(=O)O)cc(C(=O)O)c2)CC(C)(C)N1.O=C1C=C(N2CC2)C(=O)C(N2CC2)=C1N1CC1. The molecule has 4 heterocycles. The molecule has 0 spiro atoms. The summed E-state index contributed by atoms with van der Waals surface area (Å²) in [5, 5.41) is 21.7. The number of piperidine rings is 1. The first-order valence-corrected chi connectivity index (χ1v) is 14.1. The number of Topliss-reactive ketones (excluding diaryl/α,β-unsaturated/α-hetero) is 1. The second-order valence-corrected chi connectivity index (χ2v) is 12.6. The quantitative estimate of drug-likeness (QED) is 0.244. The third-order valence-corrected chi connectivity index (χ3v) is 7.58. The Hall–Kier alpha value is -4.19. The van der Waals surface area contributed by atoms with Gasteiger partial charge in [0.1, 0.15) is 17.5 Å². The van der Waals surface area contributed by atoms with Gasteiger partial charge in [-0.3, -0.25) is 9.59 Å². The van der Waals surface area contributed by atoms with Crippen LogP contribution in [0.5, 0.6) is 0 Å². The zero-order chi connectivity index (χ0) is 30.6. The van der Waals surface area contributed by atoms with Crippen molar-refractivity contribution in [1.82, 2.24) is 20.0 Å². The van der Waals surface area contributed by atoms with Gasteiger partial charge in [-0.25, -0.2) is 14.4 Å². The van der Waals surface area contributed by atoms with E-state index in [0.717, 1.165) is 57.5 Å². The molecule has 3 N–H and O–H groups in total. The highest BCUT2D eigenvalue weighted by Gasteiger charge is 2.43. The van der Waals surface area contributed by atoms with Crippen LogP contribution in [0.1, 0.15) is 71.6 Å². The zero-order valence-corrected chi connectivity index (χ0v) is 24.2. The van der Waals surface area contributed by atoms with Crippen molar-refractivity contribution in [3.8, 4) is 0 Å². The molecule has 0 saturated carbocycles. The summed E-state index contributed by atoms with van der Waals surface area (Å²) >= 11 is 0. The van der Waals surface area contributed by atoms with E-state index in [1.54, 1.807) is 0 Å². The smallest absolute Gasteiger partial charge is 0.338 e. The Morgan fingerprint density at radius 1 is 0.762 bits per heavy atom. The first kappa shape index (κ1) is 29.3. The Morgan fingerprint density at radius 2 is 1.21 bits per heavy atom. The summed E-state index contributed by atoms with van der Waals surface area (Å²) in [6.07, 6.45) is 2.38. The lowest BCUT2D eigenvalue weighted by Gasteiger charge is -2.45. The van der Waals surface area contributed by atoms with Crippen LogP contribution < -0.4 is 5.32 Å². The summed E-state index contributed by atoms with van der Waals surface area (Å²) in [4.78, 5) is 65.2. The van der Waals surface area contributed by atoms with Crippen molar-refractivity contribution >= 4 is 29.5 Å². The third kappa shape index (κ3) is 6.64. The minimum Gasteiger partial charge on any atom is -0.478 e. The molecule has 1 aromatic rings. The van der Waals surface area contributed by atoms with Crippen LogP contribution in [0.2, 0.25) is 0 Å². The van der Waals surface area contributed by atoms with E-state index in [1.165, 1.54) is 6.08 Å². The molecular weight excluding hydrogens is 544 g/mol. The second-order valence-electron chi connectivity index (χ2n) is 12.6. The molecule has 0 atom stereocenters. The maximum atomic E-state index is 12.5. The lowest BCUT2D eigenvalue weighted by atomic mass is 9.81. The molecule has 5 aliphatic rings. The molecule has 12 heteroatoms. The van der Waals surface area contributed by atoms with E-state index >= 15 is 0 Å². The van der Waals surface area contributed by atoms with Crippen LogP contribution in [0.25, 0.3) is 0 Å². The minimum atomic E-state index is -1.30. The molecule has 0 aromatic heterocycles. The van der Waals surface area contributed by atoms with Crippen LogP contribution in [-0.2, 0) is 14.3 Å². The van der Waals surface area contributed by atoms with Gasteiger partial charge in [0.25, 0.3) is 0 Å². The van der Waals surface area contributed by atoms with Crippen molar-refractivity contribution in [2.75, 3.05) is 39.3 Å². The third-order valence-electron chi connectivity index (χ3n) is 7.58. The highest BCUT2D eigenvalue weighted by Crippen LogP contribution is 2.34.